The van der Waals surface area contributed by atoms with E-state index in [9.17, 15) is 9.59 Å². The standard InChI is InChI=1S/C17H14BrN3O5/c1-24-10-3-4-14(25-2)11(6-10)15-7-13(21-26-15)17(23)20-12-5-9(18)8-19-16(12)22/h3-8H,1-2H3,(H,19,22)(H,20,23). The molecule has 2 aromatic heterocycles. The summed E-state index contributed by atoms with van der Waals surface area (Å²) in [7, 11) is 3.06. The molecule has 0 unspecified atom stereocenters. The average molecular weight is 420 g/mol. The quantitative estimate of drug-likeness (QED) is 0.657. The highest BCUT2D eigenvalue weighted by Gasteiger charge is 2.18. The van der Waals surface area contributed by atoms with E-state index in [1.54, 1.807) is 25.3 Å². The molecule has 0 radical (unpaired) electrons. The number of methoxy groups -OCH3 is 2. The number of benzene rings is 1. The zero-order valence-electron chi connectivity index (χ0n) is 13.8. The maximum atomic E-state index is 12.3. The van der Waals surface area contributed by atoms with Crippen LogP contribution in [0.5, 0.6) is 11.5 Å². The second-order valence-electron chi connectivity index (χ2n) is 5.16. The highest BCUT2D eigenvalue weighted by atomic mass is 79.9. The largest absolute Gasteiger partial charge is 0.497 e. The van der Waals surface area contributed by atoms with E-state index in [1.165, 1.54) is 25.4 Å². The highest BCUT2D eigenvalue weighted by molar-refractivity contribution is 9.10. The van der Waals surface area contributed by atoms with Crippen LogP contribution in [-0.4, -0.2) is 30.3 Å². The van der Waals surface area contributed by atoms with Gasteiger partial charge in [0.2, 0.25) is 0 Å². The first kappa shape index (κ1) is 17.7. The van der Waals surface area contributed by atoms with Gasteiger partial charge in [-0.05, 0) is 40.2 Å². The van der Waals surface area contributed by atoms with Gasteiger partial charge in [0.25, 0.3) is 11.5 Å². The predicted molar refractivity (Wildman–Crippen MR) is 97.8 cm³/mol. The molecule has 1 aromatic carbocycles. The number of rotatable bonds is 5. The first-order chi connectivity index (χ1) is 12.5. The number of carbonyl (C=O) groups is 1. The van der Waals surface area contributed by atoms with Gasteiger partial charge < -0.3 is 24.3 Å². The van der Waals surface area contributed by atoms with Gasteiger partial charge >= 0.3 is 0 Å². The molecule has 0 saturated heterocycles. The van der Waals surface area contributed by atoms with E-state index in [0.717, 1.165) is 0 Å². The van der Waals surface area contributed by atoms with Crippen molar-refractivity contribution >= 4 is 27.5 Å². The summed E-state index contributed by atoms with van der Waals surface area (Å²) >= 11 is 3.23. The lowest BCUT2D eigenvalue weighted by Gasteiger charge is -2.07. The zero-order chi connectivity index (χ0) is 18.7. The number of amides is 1. The van der Waals surface area contributed by atoms with E-state index in [2.05, 4.69) is 31.4 Å². The van der Waals surface area contributed by atoms with Crippen LogP contribution < -0.4 is 20.3 Å². The molecule has 0 aliphatic heterocycles. The molecule has 2 heterocycles. The van der Waals surface area contributed by atoms with E-state index >= 15 is 0 Å². The molecule has 0 aliphatic rings. The third kappa shape index (κ3) is 3.62. The number of hydrogen-bond donors (Lipinski definition) is 2. The Hall–Kier alpha value is -3.07. The van der Waals surface area contributed by atoms with Crippen LogP contribution in [0, 0.1) is 0 Å². The number of ether oxygens (including phenoxy) is 2. The number of anilines is 1. The lowest BCUT2D eigenvalue weighted by atomic mass is 10.1. The minimum absolute atomic E-state index is 0.0178. The summed E-state index contributed by atoms with van der Waals surface area (Å²) in [5, 5.41) is 6.26. The van der Waals surface area contributed by atoms with Crippen LogP contribution >= 0.6 is 15.9 Å². The maximum absolute atomic E-state index is 12.3. The first-order valence-electron chi connectivity index (χ1n) is 7.40. The molecule has 9 heteroatoms. The Bertz CT molecular complexity index is 1010. The number of H-pyrrole nitrogens is 1. The second kappa shape index (κ2) is 7.44. The topological polar surface area (TPSA) is 106 Å². The molecule has 3 aromatic rings. The fraction of sp³-hybridized carbons (Fsp3) is 0.118. The van der Waals surface area contributed by atoms with E-state index in [0.29, 0.717) is 27.3 Å². The Kier molecular flexibility index (Phi) is 5.08. The summed E-state index contributed by atoms with van der Waals surface area (Å²) in [5.41, 5.74) is 0.260. The van der Waals surface area contributed by atoms with Crippen LogP contribution in [0.15, 0.2) is 50.3 Å². The van der Waals surface area contributed by atoms with Gasteiger partial charge in [-0.15, -0.1) is 0 Å². The van der Waals surface area contributed by atoms with Gasteiger partial charge in [0.15, 0.2) is 11.5 Å². The fourth-order valence-electron chi connectivity index (χ4n) is 2.25. The Balaban J connectivity index is 1.89. The number of hydrogen-bond acceptors (Lipinski definition) is 6. The van der Waals surface area contributed by atoms with Crippen molar-refractivity contribution in [2.24, 2.45) is 0 Å². The van der Waals surface area contributed by atoms with Crippen molar-refractivity contribution in [3.63, 3.8) is 0 Å². The van der Waals surface area contributed by atoms with Crippen LogP contribution in [0.3, 0.4) is 0 Å². The summed E-state index contributed by atoms with van der Waals surface area (Å²) in [6, 6.07) is 8.12. The third-order valence-electron chi connectivity index (χ3n) is 3.53. The minimum Gasteiger partial charge on any atom is -0.497 e. The van der Waals surface area contributed by atoms with Crippen molar-refractivity contribution in [1.82, 2.24) is 10.1 Å². The number of aromatic nitrogens is 2. The van der Waals surface area contributed by atoms with Crippen LogP contribution in [-0.2, 0) is 0 Å². The molecule has 3 rings (SSSR count). The summed E-state index contributed by atoms with van der Waals surface area (Å²) in [6.45, 7) is 0. The fourth-order valence-corrected chi connectivity index (χ4v) is 2.60. The van der Waals surface area contributed by atoms with E-state index in [-0.39, 0.29) is 11.4 Å². The van der Waals surface area contributed by atoms with Gasteiger partial charge in [-0.2, -0.15) is 0 Å². The molecule has 0 bridgehead atoms. The highest BCUT2D eigenvalue weighted by Crippen LogP contribution is 2.33. The van der Waals surface area contributed by atoms with Gasteiger partial charge in [-0.25, -0.2) is 0 Å². The Labute approximate surface area is 156 Å². The van der Waals surface area contributed by atoms with E-state index in [4.69, 9.17) is 14.0 Å². The zero-order valence-corrected chi connectivity index (χ0v) is 15.4. The van der Waals surface area contributed by atoms with Crippen molar-refractivity contribution in [3.8, 4) is 22.8 Å². The van der Waals surface area contributed by atoms with E-state index in [1.807, 2.05) is 0 Å². The van der Waals surface area contributed by atoms with E-state index < -0.39 is 11.5 Å². The molecular formula is C17H14BrN3O5. The summed E-state index contributed by atoms with van der Waals surface area (Å²) in [4.78, 5) is 26.6. The molecule has 26 heavy (non-hydrogen) atoms. The molecule has 0 spiro atoms. The maximum Gasteiger partial charge on any atom is 0.278 e. The lowest BCUT2D eigenvalue weighted by Crippen LogP contribution is -2.19. The van der Waals surface area contributed by atoms with Crippen molar-refractivity contribution in [1.29, 1.82) is 0 Å². The molecular weight excluding hydrogens is 406 g/mol. The SMILES string of the molecule is COc1ccc(OC)c(-c2cc(C(=O)Nc3cc(Br)c[nH]c3=O)no2)c1. The molecule has 0 saturated carbocycles. The van der Waals surface area contributed by atoms with Crippen molar-refractivity contribution in [3.05, 3.63) is 57.0 Å². The Morgan fingerprint density at radius 1 is 1.23 bits per heavy atom. The number of pyridine rings is 1. The smallest absolute Gasteiger partial charge is 0.278 e. The number of carbonyl (C=O) groups excluding carboxylic acids is 1. The lowest BCUT2D eigenvalue weighted by molar-refractivity contribution is 0.101. The second-order valence-corrected chi connectivity index (χ2v) is 6.07. The number of nitrogens with one attached hydrogen (secondary N) is 2. The molecule has 1 amide bonds. The number of halogens is 1. The van der Waals surface area contributed by atoms with Gasteiger partial charge in [-0.3, -0.25) is 9.59 Å². The molecule has 0 fully saturated rings. The minimum atomic E-state index is -0.578. The van der Waals surface area contributed by atoms with Crippen molar-refractivity contribution in [2.45, 2.75) is 0 Å². The third-order valence-corrected chi connectivity index (χ3v) is 3.99. The van der Waals surface area contributed by atoms with Crippen molar-refractivity contribution in [2.75, 3.05) is 19.5 Å². The van der Waals surface area contributed by atoms with Gasteiger partial charge in [0.05, 0.1) is 19.8 Å². The summed E-state index contributed by atoms with van der Waals surface area (Å²) in [6.07, 6.45) is 1.47. The van der Waals surface area contributed by atoms with Crippen LogP contribution in [0.2, 0.25) is 0 Å². The summed E-state index contributed by atoms with van der Waals surface area (Å²) in [5.74, 6) is 0.890. The van der Waals surface area contributed by atoms with Gasteiger partial charge in [-0.1, -0.05) is 5.16 Å². The molecule has 0 atom stereocenters. The summed E-state index contributed by atoms with van der Waals surface area (Å²) < 4.78 is 16.4. The molecule has 8 nitrogen and oxygen atoms in total. The van der Waals surface area contributed by atoms with Crippen LogP contribution in [0.1, 0.15) is 10.5 Å². The van der Waals surface area contributed by atoms with Crippen LogP contribution in [0.4, 0.5) is 5.69 Å². The average Bonchev–Trinajstić information content (AvgIpc) is 3.14. The van der Waals surface area contributed by atoms with Gasteiger partial charge in [0, 0.05) is 16.7 Å². The Morgan fingerprint density at radius 3 is 2.77 bits per heavy atom. The van der Waals surface area contributed by atoms with Crippen molar-refractivity contribution < 1.29 is 18.8 Å². The predicted octanol–water partition coefficient (Wildman–Crippen LogP) is 3.06. The Morgan fingerprint density at radius 2 is 2.04 bits per heavy atom. The molecule has 134 valence electrons. The first-order valence-corrected chi connectivity index (χ1v) is 8.20. The molecule has 2 N–H and O–H groups in total. The monoisotopic (exact) mass is 419 g/mol. The molecule has 0 aliphatic carbocycles. The normalized spacial score (nSPS) is 10.4. The number of aromatic amines is 1. The van der Waals surface area contributed by atoms with Crippen LogP contribution in [0.25, 0.3) is 11.3 Å². The van der Waals surface area contributed by atoms with Gasteiger partial charge in [0.1, 0.15) is 17.2 Å². The number of nitrogens with zero attached hydrogens (tertiary/aromatic N) is 1.